The monoisotopic (exact) mass is 392 g/mol. The van der Waals surface area contributed by atoms with Gasteiger partial charge in [0, 0.05) is 12.2 Å². The molecule has 0 aliphatic heterocycles. The number of amides is 1. The summed E-state index contributed by atoms with van der Waals surface area (Å²) < 4.78 is 1.63. The molecule has 142 valence electrons. The number of benzene rings is 2. The highest BCUT2D eigenvalue weighted by molar-refractivity contribution is 7.99. The van der Waals surface area contributed by atoms with Crippen LogP contribution in [0, 0.1) is 25.2 Å². The van der Waals surface area contributed by atoms with Gasteiger partial charge in [-0.25, -0.2) is 0 Å². The van der Waals surface area contributed by atoms with Crippen LogP contribution in [0.5, 0.6) is 0 Å². The van der Waals surface area contributed by atoms with Gasteiger partial charge in [-0.2, -0.15) is 9.94 Å². The maximum atomic E-state index is 12.8. The summed E-state index contributed by atoms with van der Waals surface area (Å²) in [5.74, 6) is 0.0759. The minimum Gasteiger partial charge on any atom is -0.311 e. The molecule has 28 heavy (non-hydrogen) atoms. The summed E-state index contributed by atoms with van der Waals surface area (Å²) >= 11 is 1.28. The van der Waals surface area contributed by atoms with Gasteiger partial charge in [-0.3, -0.25) is 4.79 Å². The normalized spacial score (nSPS) is 10.5. The molecule has 0 aliphatic carbocycles. The van der Waals surface area contributed by atoms with E-state index < -0.39 is 0 Å². The Kier molecular flexibility index (Phi) is 6.40. The van der Waals surface area contributed by atoms with Crippen LogP contribution in [0.25, 0.3) is 5.69 Å². The van der Waals surface area contributed by atoms with E-state index in [1.807, 2.05) is 62.4 Å². The van der Waals surface area contributed by atoms with Crippen LogP contribution in [0.4, 0.5) is 5.69 Å². The van der Waals surface area contributed by atoms with Crippen molar-refractivity contribution in [3.05, 3.63) is 59.7 Å². The Morgan fingerprint density at radius 3 is 2.68 bits per heavy atom. The molecule has 1 amide bonds. The van der Waals surface area contributed by atoms with Crippen LogP contribution in [0.15, 0.2) is 53.7 Å². The fourth-order valence-corrected chi connectivity index (χ4v) is 3.43. The van der Waals surface area contributed by atoms with E-state index in [0.717, 1.165) is 16.9 Å². The van der Waals surface area contributed by atoms with E-state index in [1.54, 1.807) is 9.58 Å². The molecule has 7 nitrogen and oxygen atoms in total. The van der Waals surface area contributed by atoms with Gasteiger partial charge in [-0.05, 0) is 59.7 Å². The Bertz CT molecular complexity index is 995. The number of carbonyl (C=O) groups is 1. The lowest BCUT2D eigenvalue weighted by Gasteiger charge is -2.21. The molecule has 0 bridgehead atoms. The van der Waals surface area contributed by atoms with Crippen molar-refractivity contribution >= 4 is 23.4 Å². The largest absolute Gasteiger partial charge is 0.311 e. The van der Waals surface area contributed by atoms with Gasteiger partial charge < -0.3 is 4.90 Å². The van der Waals surface area contributed by atoms with Gasteiger partial charge in [0.05, 0.1) is 23.9 Å². The first-order valence-electron chi connectivity index (χ1n) is 8.81. The fourth-order valence-electron chi connectivity index (χ4n) is 2.66. The van der Waals surface area contributed by atoms with Crippen molar-refractivity contribution < 1.29 is 4.79 Å². The zero-order chi connectivity index (χ0) is 19.9. The lowest BCUT2D eigenvalue weighted by molar-refractivity contribution is -0.116. The number of aromatic nitrogens is 4. The summed E-state index contributed by atoms with van der Waals surface area (Å²) in [5, 5.41) is 21.3. The van der Waals surface area contributed by atoms with Crippen LogP contribution in [0.3, 0.4) is 0 Å². The Balaban J connectivity index is 1.74. The first-order valence-corrected chi connectivity index (χ1v) is 9.80. The molecule has 0 saturated carbocycles. The number of aryl methyl sites for hydroxylation is 2. The summed E-state index contributed by atoms with van der Waals surface area (Å²) in [7, 11) is 0. The van der Waals surface area contributed by atoms with Gasteiger partial charge in [0.15, 0.2) is 0 Å². The number of anilines is 1. The predicted molar refractivity (Wildman–Crippen MR) is 108 cm³/mol. The van der Waals surface area contributed by atoms with E-state index in [9.17, 15) is 4.79 Å². The average Bonchev–Trinajstić information content (AvgIpc) is 3.18. The molecular weight excluding hydrogens is 372 g/mol. The molecule has 0 unspecified atom stereocenters. The van der Waals surface area contributed by atoms with Gasteiger partial charge in [0.1, 0.15) is 0 Å². The molecule has 8 heteroatoms. The number of nitrogens with zero attached hydrogens (tertiary/aromatic N) is 6. The number of thioether (sulfide) groups is 1. The first-order chi connectivity index (χ1) is 13.6. The molecule has 0 N–H and O–H groups in total. The van der Waals surface area contributed by atoms with E-state index in [2.05, 4.69) is 21.6 Å². The van der Waals surface area contributed by atoms with Gasteiger partial charge in [0.2, 0.25) is 11.1 Å². The second-order valence-electron chi connectivity index (χ2n) is 6.22. The van der Waals surface area contributed by atoms with Crippen molar-refractivity contribution in [2.45, 2.75) is 25.4 Å². The van der Waals surface area contributed by atoms with Crippen LogP contribution < -0.4 is 4.90 Å². The van der Waals surface area contributed by atoms with Crippen molar-refractivity contribution in [1.29, 1.82) is 5.26 Å². The maximum Gasteiger partial charge on any atom is 0.237 e. The minimum absolute atomic E-state index is 0.0962. The molecule has 0 radical (unpaired) electrons. The third-order valence-corrected chi connectivity index (χ3v) is 5.22. The Hall–Kier alpha value is -3.18. The third kappa shape index (κ3) is 4.56. The maximum absolute atomic E-state index is 12.8. The quantitative estimate of drug-likeness (QED) is 0.573. The molecule has 0 aliphatic rings. The first kappa shape index (κ1) is 19.6. The van der Waals surface area contributed by atoms with E-state index in [1.165, 1.54) is 17.3 Å². The number of nitriles is 1. The molecule has 0 spiro atoms. The Labute approximate surface area is 168 Å². The van der Waals surface area contributed by atoms with E-state index >= 15 is 0 Å². The van der Waals surface area contributed by atoms with Crippen LogP contribution in [0.1, 0.15) is 17.5 Å². The Morgan fingerprint density at radius 2 is 1.96 bits per heavy atom. The van der Waals surface area contributed by atoms with Gasteiger partial charge in [0.25, 0.3) is 0 Å². The van der Waals surface area contributed by atoms with Crippen molar-refractivity contribution in [2.75, 3.05) is 17.2 Å². The number of hydrogen-bond donors (Lipinski definition) is 0. The van der Waals surface area contributed by atoms with Crippen LogP contribution in [-0.4, -0.2) is 38.4 Å². The van der Waals surface area contributed by atoms with Gasteiger partial charge in [-0.1, -0.05) is 36.0 Å². The summed E-state index contributed by atoms with van der Waals surface area (Å²) in [4.78, 5) is 14.4. The second-order valence-corrected chi connectivity index (χ2v) is 7.16. The third-order valence-electron chi connectivity index (χ3n) is 4.32. The zero-order valence-corrected chi connectivity index (χ0v) is 16.6. The summed E-state index contributed by atoms with van der Waals surface area (Å²) in [6.07, 6.45) is 0.270. The number of para-hydroxylation sites is 1. The van der Waals surface area contributed by atoms with Crippen molar-refractivity contribution in [2.24, 2.45) is 0 Å². The van der Waals surface area contributed by atoms with E-state index in [0.29, 0.717) is 11.7 Å². The summed E-state index contributed by atoms with van der Waals surface area (Å²) in [6.45, 7) is 4.43. The Morgan fingerprint density at radius 1 is 1.18 bits per heavy atom. The summed E-state index contributed by atoms with van der Waals surface area (Å²) in [5.41, 5.74) is 3.97. The number of carbonyl (C=O) groups excluding carboxylic acids is 1. The van der Waals surface area contributed by atoms with Gasteiger partial charge >= 0.3 is 0 Å². The van der Waals surface area contributed by atoms with E-state index in [-0.39, 0.29) is 18.1 Å². The second kappa shape index (κ2) is 9.15. The predicted octanol–water partition coefficient (Wildman–Crippen LogP) is 3.32. The molecule has 1 aromatic heterocycles. The highest BCUT2D eigenvalue weighted by Crippen LogP contribution is 2.22. The lowest BCUT2D eigenvalue weighted by Crippen LogP contribution is -2.33. The molecule has 2 aromatic carbocycles. The van der Waals surface area contributed by atoms with Crippen molar-refractivity contribution in [3.8, 4) is 11.8 Å². The van der Waals surface area contributed by atoms with Gasteiger partial charge in [-0.15, -0.1) is 5.10 Å². The molecule has 0 saturated heterocycles. The van der Waals surface area contributed by atoms with E-state index in [4.69, 9.17) is 5.26 Å². The SMILES string of the molecule is Cc1ccc(-n2nnnc2SCC(=O)N(CCC#N)c2ccccc2)cc1C. The minimum atomic E-state index is -0.0962. The summed E-state index contributed by atoms with van der Waals surface area (Å²) in [6, 6.07) is 17.4. The molecule has 1 heterocycles. The lowest BCUT2D eigenvalue weighted by atomic mass is 10.1. The highest BCUT2D eigenvalue weighted by Gasteiger charge is 2.18. The average molecular weight is 392 g/mol. The molecule has 3 aromatic rings. The number of tetrazole rings is 1. The smallest absolute Gasteiger partial charge is 0.237 e. The van der Waals surface area contributed by atoms with Crippen LogP contribution in [0.2, 0.25) is 0 Å². The van der Waals surface area contributed by atoms with Crippen LogP contribution >= 0.6 is 11.8 Å². The van der Waals surface area contributed by atoms with Crippen molar-refractivity contribution in [3.63, 3.8) is 0 Å². The molecule has 0 atom stereocenters. The molecule has 0 fully saturated rings. The number of hydrogen-bond acceptors (Lipinski definition) is 6. The number of rotatable bonds is 7. The molecule has 3 rings (SSSR count). The highest BCUT2D eigenvalue weighted by atomic mass is 32.2. The molecular formula is C20H20N6OS. The van der Waals surface area contributed by atoms with Crippen LogP contribution in [-0.2, 0) is 4.79 Å². The standard InChI is InChI=1S/C20H20N6OS/c1-15-9-10-18(13-16(15)2)26-20(22-23-24-26)28-14-19(27)25(12-6-11-21)17-7-4-3-5-8-17/h3-5,7-10,13H,6,12,14H2,1-2H3. The zero-order valence-electron chi connectivity index (χ0n) is 15.7. The van der Waals surface area contributed by atoms with Crippen molar-refractivity contribution in [1.82, 2.24) is 20.2 Å². The fraction of sp³-hybridized carbons (Fsp3) is 0.250. The topological polar surface area (TPSA) is 87.7 Å².